The van der Waals surface area contributed by atoms with Crippen LogP contribution in [-0.4, -0.2) is 97.5 Å². The first-order chi connectivity index (χ1) is 27.6. The lowest BCUT2D eigenvalue weighted by Crippen LogP contribution is -2.60. The van der Waals surface area contributed by atoms with Crippen molar-refractivity contribution in [2.75, 3.05) is 26.4 Å². The van der Waals surface area contributed by atoms with Gasteiger partial charge in [-0.15, -0.1) is 0 Å². The van der Waals surface area contributed by atoms with Crippen LogP contribution in [0.25, 0.3) is 0 Å². The van der Waals surface area contributed by atoms with E-state index >= 15 is 0 Å². The van der Waals surface area contributed by atoms with E-state index in [1.807, 2.05) is 0 Å². The van der Waals surface area contributed by atoms with Crippen LogP contribution in [0, 0.1) is 0 Å². The van der Waals surface area contributed by atoms with Crippen molar-refractivity contribution >= 4 is 16.4 Å². The number of rotatable bonds is 37. The van der Waals surface area contributed by atoms with Crippen LogP contribution in [0.3, 0.4) is 0 Å². The molecule has 1 heterocycles. The second kappa shape index (κ2) is 36.0. The normalized spacial score (nSPS) is 21.1. The second-order valence-electron chi connectivity index (χ2n) is 14.9. The van der Waals surface area contributed by atoms with E-state index in [9.17, 15) is 28.5 Å². The minimum Gasteiger partial charge on any atom is -0.457 e. The average Bonchev–Trinajstić information content (AvgIpc) is 3.18. The van der Waals surface area contributed by atoms with Crippen molar-refractivity contribution in [3.63, 3.8) is 0 Å². The summed E-state index contributed by atoms with van der Waals surface area (Å²) in [6.07, 6.45) is 32.8. The van der Waals surface area contributed by atoms with Crippen molar-refractivity contribution in [3.05, 3.63) is 48.6 Å². The van der Waals surface area contributed by atoms with E-state index in [-0.39, 0.29) is 19.6 Å². The standard InChI is InChI=1S/C44H78O12S/c1-3-5-7-9-11-13-15-17-19-21-23-25-27-29-31-33-40(46)54-38(37-53-44-42(48)43(56-57(49,50)51)41(47)39(35-45)55-44)36-52-34-32-30-28-26-24-22-20-18-16-14-12-10-8-6-4-2/h5,7,11,13,16-19,38-39,41-45,47-48H,3-4,6,8-10,12,14-15,20-37H2,1-2H3,(H,49,50,51)/b7-5-,13-11-,18-16-,19-17-. The maximum absolute atomic E-state index is 12.8. The van der Waals surface area contributed by atoms with E-state index in [1.165, 1.54) is 57.8 Å². The Labute approximate surface area is 345 Å². The lowest BCUT2D eigenvalue weighted by molar-refractivity contribution is -0.301. The lowest BCUT2D eigenvalue weighted by atomic mass is 9.99. The van der Waals surface area contributed by atoms with E-state index in [4.69, 9.17) is 23.5 Å². The molecule has 1 aliphatic rings. The molecule has 0 aromatic heterocycles. The number of hydrogen-bond donors (Lipinski definition) is 4. The van der Waals surface area contributed by atoms with E-state index < -0.39 is 59.8 Å². The molecule has 13 heteroatoms. The highest BCUT2D eigenvalue weighted by atomic mass is 32.3. The minimum atomic E-state index is -5.06. The van der Waals surface area contributed by atoms with Crippen molar-refractivity contribution in [3.8, 4) is 0 Å². The van der Waals surface area contributed by atoms with Crippen LogP contribution < -0.4 is 0 Å². The van der Waals surface area contributed by atoms with Gasteiger partial charge in [-0.25, -0.2) is 4.18 Å². The van der Waals surface area contributed by atoms with Gasteiger partial charge < -0.3 is 34.3 Å². The molecule has 1 fully saturated rings. The SMILES string of the molecule is CC/C=C\C/C=C\C/C=C\CCCCCCCC(=O)OC(COCCCCCCCC/C=C\CCCCCCC)COC1OC(CO)C(O)C(OS(=O)(=O)O)C1O. The second-order valence-corrected chi connectivity index (χ2v) is 15.9. The molecule has 0 aromatic rings. The zero-order chi connectivity index (χ0) is 41.8. The van der Waals surface area contributed by atoms with Gasteiger partial charge in [0.15, 0.2) is 6.29 Å². The molecule has 0 saturated carbocycles. The number of allylic oxidation sites excluding steroid dienone is 8. The molecule has 0 aliphatic carbocycles. The Morgan fingerprint density at radius 3 is 1.79 bits per heavy atom. The summed E-state index contributed by atoms with van der Waals surface area (Å²) in [4.78, 5) is 12.8. The van der Waals surface area contributed by atoms with Crippen molar-refractivity contribution in [1.82, 2.24) is 0 Å². The molecule has 57 heavy (non-hydrogen) atoms. The Kier molecular flexibility index (Phi) is 33.5. The van der Waals surface area contributed by atoms with Crippen LogP contribution in [0.5, 0.6) is 0 Å². The molecule has 6 unspecified atom stereocenters. The number of carbonyl (C=O) groups excluding carboxylic acids is 1. The van der Waals surface area contributed by atoms with Crippen LogP contribution >= 0.6 is 0 Å². The molecule has 0 spiro atoms. The third kappa shape index (κ3) is 29.8. The fourth-order valence-corrected chi connectivity index (χ4v) is 6.89. The number of aliphatic hydroxyl groups is 3. The van der Waals surface area contributed by atoms with E-state index in [0.717, 1.165) is 77.0 Å². The molecule has 4 N–H and O–H groups in total. The lowest BCUT2D eigenvalue weighted by Gasteiger charge is -2.41. The third-order valence-corrected chi connectivity index (χ3v) is 10.2. The molecule has 1 rings (SSSR count). The van der Waals surface area contributed by atoms with Crippen molar-refractivity contribution in [2.24, 2.45) is 0 Å². The van der Waals surface area contributed by atoms with Gasteiger partial charge in [-0.3, -0.25) is 9.35 Å². The molecular formula is C44H78O12S. The van der Waals surface area contributed by atoms with Gasteiger partial charge >= 0.3 is 16.4 Å². The topological polar surface area (TPSA) is 178 Å². The third-order valence-electron chi connectivity index (χ3n) is 9.68. The molecule has 1 aliphatic heterocycles. The summed E-state index contributed by atoms with van der Waals surface area (Å²) in [5.41, 5.74) is 0. The molecule has 1 saturated heterocycles. The fraction of sp³-hybridized carbons (Fsp3) is 0.795. The Balaban J connectivity index is 2.47. The van der Waals surface area contributed by atoms with Crippen molar-refractivity contribution < 1.29 is 56.2 Å². The number of unbranched alkanes of at least 4 members (excludes halogenated alkanes) is 16. The first kappa shape index (κ1) is 53.1. The van der Waals surface area contributed by atoms with Crippen LogP contribution in [0.2, 0.25) is 0 Å². The molecule has 6 atom stereocenters. The zero-order valence-corrected chi connectivity index (χ0v) is 36.0. The maximum Gasteiger partial charge on any atom is 0.397 e. The van der Waals surface area contributed by atoms with Crippen LogP contribution in [0.1, 0.15) is 162 Å². The minimum absolute atomic E-state index is 0.0235. The van der Waals surface area contributed by atoms with Crippen LogP contribution in [0.15, 0.2) is 48.6 Å². The highest BCUT2D eigenvalue weighted by molar-refractivity contribution is 7.80. The Bertz CT molecular complexity index is 1190. The van der Waals surface area contributed by atoms with E-state index in [2.05, 4.69) is 66.6 Å². The Morgan fingerprint density at radius 2 is 1.21 bits per heavy atom. The first-order valence-electron chi connectivity index (χ1n) is 21.9. The first-order valence-corrected chi connectivity index (χ1v) is 23.3. The fourth-order valence-electron chi connectivity index (χ4n) is 6.39. The van der Waals surface area contributed by atoms with Gasteiger partial charge in [0.1, 0.15) is 30.5 Å². The van der Waals surface area contributed by atoms with Crippen LogP contribution in [0.4, 0.5) is 0 Å². The van der Waals surface area contributed by atoms with Crippen LogP contribution in [-0.2, 0) is 38.3 Å². The molecule has 0 radical (unpaired) electrons. The molecule has 0 aromatic carbocycles. The molecule has 0 bridgehead atoms. The summed E-state index contributed by atoms with van der Waals surface area (Å²) < 4.78 is 59.0. The number of carbonyl (C=O) groups is 1. The maximum atomic E-state index is 12.8. The van der Waals surface area contributed by atoms with E-state index in [0.29, 0.717) is 13.0 Å². The number of aliphatic hydroxyl groups excluding tert-OH is 3. The van der Waals surface area contributed by atoms with Gasteiger partial charge in [-0.2, -0.15) is 8.42 Å². The Morgan fingerprint density at radius 1 is 0.684 bits per heavy atom. The molecular weight excluding hydrogens is 753 g/mol. The largest absolute Gasteiger partial charge is 0.457 e. The summed E-state index contributed by atoms with van der Waals surface area (Å²) in [6.45, 7) is 3.82. The highest BCUT2D eigenvalue weighted by Gasteiger charge is 2.48. The quantitative estimate of drug-likeness (QED) is 0.0203. The van der Waals surface area contributed by atoms with Gasteiger partial charge in [0.05, 0.1) is 19.8 Å². The molecule has 0 amide bonds. The number of hydrogen-bond acceptors (Lipinski definition) is 11. The predicted octanol–water partition coefficient (Wildman–Crippen LogP) is 8.80. The number of esters is 1. The van der Waals surface area contributed by atoms with Gasteiger partial charge in [-0.05, 0) is 70.6 Å². The van der Waals surface area contributed by atoms with Gasteiger partial charge in [0.2, 0.25) is 0 Å². The summed E-state index contributed by atoms with van der Waals surface area (Å²) in [5.74, 6) is -0.420. The van der Waals surface area contributed by atoms with Gasteiger partial charge in [0, 0.05) is 13.0 Å². The Hall–Kier alpha value is -1.94. The summed E-state index contributed by atoms with van der Waals surface area (Å²) in [5, 5.41) is 30.6. The predicted molar refractivity (Wildman–Crippen MR) is 225 cm³/mol. The summed E-state index contributed by atoms with van der Waals surface area (Å²) in [6, 6.07) is 0. The summed E-state index contributed by atoms with van der Waals surface area (Å²) >= 11 is 0. The van der Waals surface area contributed by atoms with Gasteiger partial charge in [-0.1, -0.05) is 133 Å². The molecule has 332 valence electrons. The smallest absolute Gasteiger partial charge is 0.397 e. The summed E-state index contributed by atoms with van der Waals surface area (Å²) in [7, 11) is -5.06. The zero-order valence-electron chi connectivity index (χ0n) is 35.1. The molecule has 12 nitrogen and oxygen atoms in total. The number of ether oxygens (including phenoxy) is 4. The average molecular weight is 831 g/mol. The van der Waals surface area contributed by atoms with Crippen molar-refractivity contribution in [2.45, 2.75) is 198 Å². The highest BCUT2D eigenvalue weighted by Crippen LogP contribution is 2.26. The van der Waals surface area contributed by atoms with Crippen molar-refractivity contribution in [1.29, 1.82) is 0 Å². The van der Waals surface area contributed by atoms with Gasteiger partial charge in [0.25, 0.3) is 0 Å². The monoisotopic (exact) mass is 831 g/mol. The van der Waals surface area contributed by atoms with E-state index in [1.54, 1.807) is 0 Å².